The summed E-state index contributed by atoms with van der Waals surface area (Å²) in [4.78, 5) is 23.6. The molecule has 2 aromatic carbocycles. The predicted octanol–water partition coefficient (Wildman–Crippen LogP) is 2.78. The molecule has 1 heterocycles. The molecule has 0 atom stereocenters. The van der Waals surface area contributed by atoms with Gasteiger partial charge in [0.1, 0.15) is 5.60 Å². The Morgan fingerprint density at radius 3 is 2.58 bits per heavy atom. The minimum Gasteiger partial charge on any atom is -0.483 e. The Balaban J connectivity index is 1.59. The summed E-state index contributed by atoms with van der Waals surface area (Å²) in [6.07, 6.45) is 0.809. The van der Waals surface area contributed by atoms with Crippen LogP contribution in [0.4, 0.5) is 5.69 Å². The summed E-state index contributed by atoms with van der Waals surface area (Å²) in [5, 5.41) is 5.29. The van der Waals surface area contributed by atoms with Crippen molar-refractivity contribution in [1.29, 1.82) is 0 Å². The van der Waals surface area contributed by atoms with E-state index >= 15 is 0 Å². The second-order valence-electron chi connectivity index (χ2n) is 6.78. The van der Waals surface area contributed by atoms with E-state index in [4.69, 9.17) is 9.47 Å². The molecule has 136 valence electrons. The largest absolute Gasteiger partial charge is 0.483 e. The number of hydrogen-bond donors (Lipinski definition) is 2. The molecule has 2 N–H and O–H groups in total. The fourth-order valence-electron chi connectivity index (χ4n) is 2.89. The third kappa shape index (κ3) is 3.96. The normalized spacial score (nSPS) is 14.1. The summed E-state index contributed by atoms with van der Waals surface area (Å²) in [6.45, 7) is 3.91. The highest BCUT2D eigenvalue weighted by Crippen LogP contribution is 2.41. The molecule has 1 aliphatic heterocycles. The second kappa shape index (κ2) is 7.07. The van der Waals surface area contributed by atoms with Gasteiger partial charge >= 0.3 is 0 Å². The van der Waals surface area contributed by atoms with Gasteiger partial charge in [-0.25, -0.2) is 0 Å². The van der Waals surface area contributed by atoms with E-state index in [-0.39, 0.29) is 24.0 Å². The van der Waals surface area contributed by atoms with Crippen molar-refractivity contribution in [3.8, 4) is 11.5 Å². The van der Waals surface area contributed by atoms with Crippen molar-refractivity contribution in [3.63, 3.8) is 0 Å². The fourth-order valence-corrected chi connectivity index (χ4v) is 2.89. The summed E-state index contributed by atoms with van der Waals surface area (Å²) in [7, 11) is 1.57. The minimum atomic E-state index is -0.285. The number of fused-ring (bicyclic) bond motifs is 1. The van der Waals surface area contributed by atoms with Crippen LogP contribution in [0, 0.1) is 0 Å². The molecule has 0 saturated carbocycles. The first-order valence-corrected chi connectivity index (χ1v) is 8.44. The van der Waals surface area contributed by atoms with Crippen molar-refractivity contribution in [2.45, 2.75) is 25.9 Å². The smallest absolute Gasteiger partial charge is 0.262 e. The Morgan fingerprint density at radius 2 is 1.88 bits per heavy atom. The Kier molecular flexibility index (Phi) is 4.84. The molecule has 0 spiro atoms. The van der Waals surface area contributed by atoms with Gasteiger partial charge in [0.25, 0.3) is 11.8 Å². The van der Waals surface area contributed by atoms with Gasteiger partial charge in [-0.15, -0.1) is 0 Å². The third-order valence-corrected chi connectivity index (χ3v) is 4.07. The summed E-state index contributed by atoms with van der Waals surface area (Å²) >= 11 is 0. The van der Waals surface area contributed by atoms with E-state index in [1.165, 1.54) is 0 Å². The van der Waals surface area contributed by atoms with Gasteiger partial charge in [0, 0.05) is 30.3 Å². The monoisotopic (exact) mass is 354 g/mol. The number of carbonyl (C=O) groups is 2. The molecule has 6 nitrogen and oxygen atoms in total. The van der Waals surface area contributed by atoms with Gasteiger partial charge in [-0.2, -0.15) is 0 Å². The highest BCUT2D eigenvalue weighted by molar-refractivity contribution is 5.95. The molecule has 6 heteroatoms. The summed E-state index contributed by atoms with van der Waals surface area (Å²) in [5.74, 6) is 0.818. The lowest BCUT2D eigenvalue weighted by Crippen LogP contribution is -2.25. The number of rotatable bonds is 5. The van der Waals surface area contributed by atoms with Crippen LogP contribution < -0.4 is 20.1 Å². The number of anilines is 1. The predicted molar refractivity (Wildman–Crippen MR) is 98.8 cm³/mol. The number of carbonyl (C=O) groups excluding carboxylic acids is 2. The molecule has 0 bridgehead atoms. The number of ether oxygens (including phenoxy) is 2. The maximum absolute atomic E-state index is 12.1. The number of hydrogen-bond acceptors (Lipinski definition) is 4. The van der Waals surface area contributed by atoms with Crippen LogP contribution in [-0.4, -0.2) is 31.1 Å². The molecule has 1 aliphatic rings. The van der Waals surface area contributed by atoms with E-state index in [0.29, 0.717) is 22.7 Å². The molecular weight excluding hydrogens is 332 g/mol. The first kappa shape index (κ1) is 17.8. The van der Waals surface area contributed by atoms with Crippen molar-refractivity contribution < 1.29 is 19.1 Å². The van der Waals surface area contributed by atoms with Crippen LogP contribution >= 0.6 is 0 Å². The standard InChI is InChI=1S/C20H22N2O4/c1-20(2)11-14-5-4-6-16(18(14)26-20)25-12-17(23)22-15-9-7-13(8-10-15)19(24)21-3/h4-10H,11-12H2,1-3H3,(H,21,24)(H,22,23). The van der Waals surface area contributed by atoms with Gasteiger partial charge in [0.15, 0.2) is 18.1 Å². The van der Waals surface area contributed by atoms with E-state index in [1.807, 2.05) is 26.0 Å². The van der Waals surface area contributed by atoms with Crippen LogP contribution in [0.25, 0.3) is 0 Å². The highest BCUT2D eigenvalue weighted by Gasteiger charge is 2.32. The lowest BCUT2D eigenvalue weighted by Gasteiger charge is -2.18. The molecule has 0 aromatic heterocycles. The van der Waals surface area contributed by atoms with Crippen molar-refractivity contribution >= 4 is 17.5 Å². The minimum absolute atomic E-state index is 0.128. The lowest BCUT2D eigenvalue weighted by atomic mass is 10.0. The van der Waals surface area contributed by atoms with Crippen LogP contribution in [0.1, 0.15) is 29.8 Å². The number of nitrogens with one attached hydrogen (secondary N) is 2. The Bertz CT molecular complexity index is 828. The zero-order valence-electron chi connectivity index (χ0n) is 15.1. The average molecular weight is 354 g/mol. The third-order valence-electron chi connectivity index (χ3n) is 4.07. The van der Waals surface area contributed by atoms with Crippen molar-refractivity contribution in [1.82, 2.24) is 5.32 Å². The summed E-state index contributed by atoms with van der Waals surface area (Å²) in [5.41, 5.74) is 1.94. The van der Waals surface area contributed by atoms with E-state index in [1.54, 1.807) is 37.4 Å². The van der Waals surface area contributed by atoms with E-state index in [0.717, 1.165) is 12.0 Å². The number of amides is 2. The first-order chi connectivity index (χ1) is 12.4. The second-order valence-corrected chi connectivity index (χ2v) is 6.78. The zero-order chi connectivity index (χ0) is 18.7. The molecular formula is C20H22N2O4. The molecule has 0 saturated heterocycles. The molecule has 2 aromatic rings. The van der Waals surface area contributed by atoms with Gasteiger partial charge in [0.2, 0.25) is 0 Å². The quantitative estimate of drug-likeness (QED) is 0.866. The van der Waals surface area contributed by atoms with Crippen molar-refractivity contribution in [2.24, 2.45) is 0 Å². The van der Waals surface area contributed by atoms with Gasteiger partial charge in [-0.1, -0.05) is 12.1 Å². The molecule has 2 amide bonds. The van der Waals surface area contributed by atoms with Crippen molar-refractivity contribution in [2.75, 3.05) is 19.0 Å². The maximum Gasteiger partial charge on any atom is 0.262 e. The molecule has 26 heavy (non-hydrogen) atoms. The first-order valence-electron chi connectivity index (χ1n) is 8.44. The molecule has 3 rings (SSSR count). The SMILES string of the molecule is CNC(=O)c1ccc(NC(=O)COc2cccc3c2OC(C)(C)C3)cc1. The fraction of sp³-hybridized carbons (Fsp3) is 0.300. The number of benzene rings is 2. The Hall–Kier alpha value is -3.02. The summed E-state index contributed by atoms with van der Waals surface area (Å²) < 4.78 is 11.6. The molecule has 0 radical (unpaired) electrons. The van der Waals surface area contributed by atoms with Gasteiger partial charge in [0.05, 0.1) is 0 Å². The van der Waals surface area contributed by atoms with E-state index in [9.17, 15) is 9.59 Å². The van der Waals surface area contributed by atoms with E-state index in [2.05, 4.69) is 10.6 Å². The van der Waals surface area contributed by atoms with Gasteiger partial charge < -0.3 is 20.1 Å². The summed E-state index contributed by atoms with van der Waals surface area (Å²) in [6, 6.07) is 12.3. The maximum atomic E-state index is 12.1. The van der Waals surface area contributed by atoms with Gasteiger partial charge in [-0.3, -0.25) is 9.59 Å². The van der Waals surface area contributed by atoms with Crippen LogP contribution in [0.5, 0.6) is 11.5 Å². The lowest BCUT2D eigenvalue weighted by molar-refractivity contribution is -0.118. The van der Waals surface area contributed by atoms with Crippen LogP contribution in [0.2, 0.25) is 0 Å². The van der Waals surface area contributed by atoms with Crippen molar-refractivity contribution in [3.05, 3.63) is 53.6 Å². The molecule has 0 aliphatic carbocycles. The topological polar surface area (TPSA) is 76.7 Å². The Morgan fingerprint density at radius 1 is 1.15 bits per heavy atom. The van der Waals surface area contributed by atoms with Gasteiger partial charge in [-0.05, 0) is 44.2 Å². The van der Waals surface area contributed by atoms with Crippen LogP contribution in [0.15, 0.2) is 42.5 Å². The number of para-hydroxylation sites is 1. The Labute approximate surface area is 152 Å². The highest BCUT2D eigenvalue weighted by atomic mass is 16.5. The molecule has 0 fully saturated rings. The zero-order valence-corrected chi connectivity index (χ0v) is 15.1. The van der Waals surface area contributed by atoms with Crippen LogP contribution in [0.3, 0.4) is 0 Å². The molecule has 0 unspecified atom stereocenters. The van der Waals surface area contributed by atoms with E-state index < -0.39 is 0 Å². The van der Waals surface area contributed by atoms with Crippen LogP contribution in [-0.2, 0) is 11.2 Å². The average Bonchev–Trinajstić information content (AvgIpc) is 2.94.